The average molecular weight is 214 g/mol. The van der Waals surface area contributed by atoms with Gasteiger partial charge in [-0.15, -0.1) is 0 Å². The third-order valence-corrected chi connectivity index (χ3v) is 3.00. The Balaban J connectivity index is 3.61. The Hall–Kier alpha value is -0.0800. The van der Waals surface area contributed by atoms with Gasteiger partial charge in [-0.05, 0) is 45.3 Å². The van der Waals surface area contributed by atoms with Crippen molar-refractivity contribution in [2.45, 2.75) is 53.0 Å². The summed E-state index contributed by atoms with van der Waals surface area (Å²) in [4.78, 5) is 2.56. The fourth-order valence-corrected chi connectivity index (χ4v) is 2.01. The van der Waals surface area contributed by atoms with Crippen molar-refractivity contribution >= 4 is 0 Å². The first-order chi connectivity index (χ1) is 7.13. The van der Waals surface area contributed by atoms with Gasteiger partial charge in [0.05, 0.1) is 0 Å². The minimum Gasteiger partial charge on any atom is -0.317 e. The standard InChI is InChI=1S/C13H30N2/c1-6-13(14-5)9-8-10-15(7-2)11-12(3)4/h12-14H,6-11H2,1-5H3. The van der Waals surface area contributed by atoms with Crippen LogP contribution in [0, 0.1) is 5.92 Å². The zero-order valence-electron chi connectivity index (χ0n) is 11.3. The van der Waals surface area contributed by atoms with E-state index in [4.69, 9.17) is 0 Å². The maximum atomic E-state index is 3.37. The lowest BCUT2D eigenvalue weighted by atomic mass is 10.1. The van der Waals surface area contributed by atoms with Gasteiger partial charge in [-0.3, -0.25) is 0 Å². The normalized spacial score (nSPS) is 13.8. The SMILES string of the molecule is CCC(CCCN(CC)CC(C)C)NC. The molecular formula is C13H30N2. The molecule has 0 rings (SSSR count). The van der Waals surface area contributed by atoms with Gasteiger partial charge < -0.3 is 10.2 Å². The van der Waals surface area contributed by atoms with Crippen molar-refractivity contribution in [3.05, 3.63) is 0 Å². The predicted octanol–water partition coefficient (Wildman–Crippen LogP) is 2.74. The topological polar surface area (TPSA) is 15.3 Å². The Morgan fingerprint density at radius 1 is 1.20 bits per heavy atom. The molecule has 0 saturated heterocycles. The first kappa shape index (κ1) is 14.9. The van der Waals surface area contributed by atoms with Crippen LogP contribution in [0.4, 0.5) is 0 Å². The molecule has 92 valence electrons. The van der Waals surface area contributed by atoms with Gasteiger partial charge in [0, 0.05) is 12.6 Å². The van der Waals surface area contributed by atoms with E-state index in [2.05, 4.69) is 45.0 Å². The van der Waals surface area contributed by atoms with E-state index in [1.807, 2.05) is 0 Å². The van der Waals surface area contributed by atoms with Crippen LogP contribution in [0.25, 0.3) is 0 Å². The second-order valence-electron chi connectivity index (χ2n) is 4.82. The molecule has 0 saturated carbocycles. The van der Waals surface area contributed by atoms with Crippen LogP contribution in [0.15, 0.2) is 0 Å². The van der Waals surface area contributed by atoms with E-state index < -0.39 is 0 Å². The maximum Gasteiger partial charge on any atom is 0.00619 e. The summed E-state index contributed by atoms with van der Waals surface area (Å²) >= 11 is 0. The summed E-state index contributed by atoms with van der Waals surface area (Å²) in [5, 5.41) is 3.37. The number of nitrogens with zero attached hydrogens (tertiary/aromatic N) is 1. The molecule has 2 heteroatoms. The van der Waals surface area contributed by atoms with Gasteiger partial charge in [0.15, 0.2) is 0 Å². The zero-order chi connectivity index (χ0) is 11.7. The van der Waals surface area contributed by atoms with E-state index in [1.165, 1.54) is 38.9 Å². The van der Waals surface area contributed by atoms with Gasteiger partial charge in [0.25, 0.3) is 0 Å². The molecule has 0 heterocycles. The molecule has 0 aromatic carbocycles. The van der Waals surface area contributed by atoms with Crippen LogP contribution in [0.3, 0.4) is 0 Å². The highest BCUT2D eigenvalue weighted by Gasteiger charge is 2.07. The molecule has 0 fully saturated rings. The lowest BCUT2D eigenvalue weighted by molar-refractivity contribution is 0.247. The number of rotatable bonds is 9. The third-order valence-electron chi connectivity index (χ3n) is 3.00. The van der Waals surface area contributed by atoms with E-state index in [9.17, 15) is 0 Å². The van der Waals surface area contributed by atoms with Crippen LogP contribution in [0.5, 0.6) is 0 Å². The van der Waals surface area contributed by atoms with Crippen molar-refractivity contribution in [3.63, 3.8) is 0 Å². The smallest absolute Gasteiger partial charge is 0.00619 e. The number of nitrogens with one attached hydrogen (secondary N) is 1. The predicted molar refractivity (Wildman–Crippen MR) is 69.3 cm³/mol. The summed E-state index contributed by atoms with van der Waals surface area (Å²) in [5.41, 5.74) is 0. The maximum absolute atomic E-state index is 3.37. The minimum atomic E-state index is 0.711. The molecule has 0 aromatic heterocycles. The molecule has 0 spiro atoms. The van der Waals surface area contributed by atoms with Crippen molar-refractivity contribution in [2.24, 2.45) is 5.92 Å². The number of hydrogen-bond donors (Lipinski definition) is 1. The highest BCUT2D eigenvalue weighted by Crippen LogP contribution is 2.04. The third kappa shape index (κ3) is 7.80. The molecule has 0 radical (unpaired) electrons. The molecule has 0 aliphatic heterocycles. The molecule has 0 amide bonds. The zero-order valence-corrected chi connectivity index (χ0v) is 11.3. The molecule has 2 nitrogen and oxygen atoms in total. The van der Waals surface area contributed by atoms with Crippen LogP contribution in [-0.4, -0.2) is 37.6 Å². The quantitative estimate of drug-likeness (QED) is 0.635. The minimum absolute atomic E-state index is 0.711. The van der Waals surface area contributed by atoms with Crippen LogP contribution < -0.4 is 5.32 Å². The van der Waals surface area contributed by atoms with Crippen molar-refractivity contribution in [3.8, 4) is 0 Å². The Morgan fingerprint density at radius 3 is 2.27 bits per heavy atom. The first-order valence-electron chi connectivity index (χ1n) is 6.53. The van der Waals surface area contributed by atoms with Gasteiger partial charge in [-0.1, -0.05) is 27.7 Å². The molecule has 1 unspecified atom stereocenters. The fourth-order valence-electron chi connectivity index (χ4n) is 2.01. The fraction of sp³-hybridized carbons (Fsp3) is 1.00. The average Bonchev–Trinajstić information content (AvgIpc) is 2.22. The molecule has 0 aromatic rings. The van der Waals surface area contributed by atoms with Gasteiger partial charge in [-0.25, -0.2) is 0 Å². The van der Waals surface area contributed by atoms with E-state index >= 15 is 0 Å². The summed E-state index contributed by atoms with van der Waals surface area (Å²) in [6, 6.07) is 0.711. The summed E-state index contributed by atoms with van der Waals surface area (Å²) in [7, 11) is 2.07. The van der Waals surface area contributed by atoms with Crippen LogP contribution in [0.1, 0.15) is 47.0 Å². The van der Waals surface area contributed by atoms with Gasteiger partial charge in [0.1, 0.15) is 0 Å². The highest BCUT2D eigenvalue weighted by atomic mass is 15.1. The Morgan fingerprint density at radius 2 is 1.87 bits per heavy atom. The first-order valence-corrected chi connectivity index (χ1v) is 6.53. The second kappa shape index (κ2) is 9.17. The molecule has 1 atom stereocenters. The van der Waals surface area contributed by atoms with E-state index in [1.54, 1.807) is 0 Å². The van der Waals surface area contributed by atoms with E-state index in [-0.39, 0.29) is 0 Å². The Labute approximate surface area is 96.4 Å². The summed E-state index contributed by atoms with van der Waals surface area (Å²) in [6.45, 7) is 12.8. The van der Waals surface area contributed by atoms with Crippen molar-refractivity contribution in [1.29, 1.82) is 0 Å². The molecule has 0 aliphatic carbocycles. The molecule has 1 N–H and O–H groups in total. The monoisotopic (exact) mass is 214 g/mol. The van der Waals surface area contributed by atoms with Crippen LogP contribution in [-0.2, 0) is 0 Å². The second-order valence-corrected chi connectivity index (χ2v) is 4.82. The van der Waals surface area contributed by atoms with Crippen molar-refractivity contribution in [2.75, 3.05) is 26.7 Å². The summed E-state index contributed by atoms with van der Waals surface area (Å²) < 4.78 is 0. The van der Waals surface area contributed by atoms with E-state index in [0.29, 0.717) is 6.04 Å². The Bertz CT molecular complexity index is 130. The van der Waals surface area contributed by atoms with Gasteiger partial charge in [0.2, 0.25) is 0 Å². The molecule has 15 heavy (non-hydrogen) atoms. The summed E-state index contributed by atoms with van der Waals surface area (Å²) in [6.07, 6.45) is 3.87. The lowest BCUT2D eigenvalue weighted by Crippen LogP contribution is -2.30. The highest BCUT2D eigenvalue weighted by molar-refractivity contribution is 4.64. The number of hydrogen-bond acceptors (Lipinski definition) is 2. The molecule has 0 aliphatic rings. The lowest BCUT2D eigenvalue weighted by Gasteiger charge is -2.23. The van der Waals surface area contributed by atoms with Crippen LogP contribution in [0.2, 0.25) is 0 Å². The van der Waals surface area contributed by atoms with Gasteiger partial charge in [-0.2, -0.15) is 0 Å². The largest absolute Gasteiger partial charge is 0.317 e. The van der Waals surface area contributed by atoms with Crippen molar-refractivity contribution in [1.82, 2.24) is 10.2 Å². The van der Waals surface area contributed by atoms with Crippen molar-refractivity contribution < 1.29 is 0 Å². The molecule has 0 bridgehead atoms. The van der Waals surface area contributed by atoms with E-state index in [0.717, 1.165) is 5.92 Å². The van der Waals surface area contributed by atoms with Gasteiger partial charge >= 0.3 is 0 Å². The molecular weight excluding hydrogens is 184 g/mol. The summed E-state index contributed by atoms with van der Waals surface area (Å²) in [5.74, 6) is 0.788. The Kier molecular flexibility index (Phi) is 9.12. The van der Waals surface area contributed by atoms with Crippen LogP contribution >= 0.6 is 0 Å².